The van der Waals surface area contributed by atoms with Crippen LogP contribution in [0.3, 0.4) is 0 Å². The summed E-state index contributed by atoms with van der Waals surface area (Å²) in [6, 6.07) is 0. The van der Waals surface area contributed by atoms with Crippen molar-refractivity contribution >= 4 is 5.91 Å². The number of rotatable bonds is 4. The first-order valence-electron chi connectivity index (χ1n) is 6.06. The number of hydrogen-bond acceptors (Lipinski definition) is 2. The summed E-state index contributed by atoms with van der Waals surface area (Å²) < 4.78 is 0. The van der Waals surface area contributed by atoms with Crippen LogP contribution in [0.1, 0.15) is 46.0 Å². The molecule has 0 radical (unpaired) electrons. The van der Waals surface area contributed by atoms with E-state index in [-0.39, 0.29) is 17.2 Å². The molecule has 0 aromatic rings. The van der Waals surface area contributed by atoms with Gasteiger partial charge in [-0.1, -0.05) is 26.7 Å². The molecular weight excluding hydrogens is 188 g/mol. The molecule has 0 bridgehead atoms. The van der Waals surface area contributed by atoms with E-state index in [1.165, 1.54) is 19.3 Å². The highest BCUT2D eigenvalue weighted by Gasteiger charge is 2.36. The van der Waals surface area contributed by atoms with E-state index in [0.717, 1.165) is 19.4 Å². The third-order valence-electron chi connectivity index (χ3n) is 3.50. The summed E-state index contributed by atoms with van der Waals surface area (Å²) in [5.74, 6) is 0.428. The van der Waals surface area contributed by atoms with Crippen molar-refractivity contribution in [1.82, 2.24) is 5.32 Å². The van der Waals surface area contributed by atoms with Gasteiger partial charge in [-0.05, 0) is 31.2 Å². The van der Waals surface area contributed by atoms with E-state index in [9.17, 15) is 4.79 Å². The molecule has 1 fully saturated rings. The summed E-state index contributed by atoms with van der Waals surface area (Å²) in [7, 11) is 0. The first-order valence-corrected chi connectivity index (χ1v) is 6.06. The van der Waals surface area contributed by atoms with Crippen molar-refractivity contribution in [2.45, 2.75) is 46.0 Å². The molecule has 0 heterocycles. The SMILES string of the molecule is CC1(C)CCCCC1C(=O)NCCCN. The summed E-state index contributed by atoms with van der Waals surface area (Å²) >= 11 is 0. The number of carbonyl (C=O) groups excluding carboxylic acids is 1. The average molecular weight is 212 g/mol. The molecule has 3 heteroatoms. The van der Waals surface area contributed by atoms with Crippen LogP contribution in [0, 0.1) is 11.3 Å². The molecule has 3 nitrogen and oxygen atoms in total. The van der Waals surface area contributed by atoms with Crippen LogP contribution in [-0.4, -0.2) is 19.0 Å². The van der Waals surface area contributed by atoms with Crippen molar-refractivity contribution < 1.29 is 4.79 Å². The zero-order chi connectivity index (χ0) is 11.3. The smallest absolute Gasteiger partial charge is 0.223 e. The molecular formula is C12H24N2O. The Hall–Kier alpha value is -0.570. The van der Waals surface area contributed by atoms with E-state index in [0.29, 0.717) is 6.54 Å². The van der Waals surface area contributed by atoms with E-state index in [1.54, 1.807) is 0 Å². The molecule has 0 aliphatic heterocycles. The highest BCUT2D eigenvalue weighted by atomic mass is 16.1. The molecule has 1 atom stereocenters. The van der Waals surface area contributed by atoms with E-state index in [4.69, 9.17) is 5.73 Å². The van der Waals surface area contributed by atoms with Gasteiger partial charge in [-0.2, -0.15) is 0 Å². The zero-order valence-corrected chi connectivity index (χ0v) is 10.0. The summed E-state index contributed by atoms with van der Waals surface area (Å²) in [6.07, 6.45) is 5.54. The summed E-state index contributed by atoms with van der Waals surface area (Å²) in [4.78, 5) is 11.9. The van der Waals surface area contributed by atoms with Crippen LogP contribution in [0.15, 0.2) is 0 Å². The maximum absolute atomic E-state index is 11.9. The van der Waals surface area contributed by atoms with E-state index in [1.807, 2.05) is 0 Å². The third kappa shape index (κ3) is 3.49. The van der Waals surface area contributed by atoms with Crippen LogP contribution < -0.4 is 11.1 Å². The number of nitrogens with two attached hydrogens (primary N) is 1. The van der Waals surface area contributed by atoms with Crippen molar-refractivity contribution in [1.29, 1.82) is 0 Å². The van der Waals surface area contributed by atoms with Crippen LogP contribution in [0.2, 0.25) is 0 Å². The van der Waals surface area contributed by atoms with Gasteiger partial charge in [-0.15, -0.1) is 0 Å². The largest absolute Gasteiger partial charge is 0.356 e. The minimum Gasteiger partial charge on any atom is -0.356 e. The van der Waals surface area contributed by atoms with Gasteiger partial charge >= 0.3 is 0 Å². The third-order valence-corrected chi connectivity index (χ3v) is 3.50. The molecule has 1 unspecified atom stereocenters. The Kier molecular flexibility index (Phi) is 4.58. The fourth-order valence-electron chi connectivity index (χ4n) is 2.42. The van der Waals surface area contributed by atoms with Gasteiger partial charge < -0.3 is 11.1 Å². The van der Waals surface area contributed by atoms with Gasteiger partial charge in [0.25, 0.3) is 0 Å². The van der Waals surface area contributed by atoms with E-state index in [2.05, 4.69) is 19.2 Å². The topological polar surface area (TPSA) is 55.1 Å². The quantitative estimate of drug-likeness (QED) is 0.696. The zero-order valence-electron chi connectivity index (χ0n) is 10.0. The molecule has 0 saturated heterocycles. The van der Waals surface area contributed by atoms with Crippen molar-refractivity contribution in [3.63, 3.8) is 0 Å². The van der Waals surface area contributed by atoms with Gasteiger partial charge in [0.15, 0.2) is 0 Å². The van der Waals surface area contributed by atoms with Gasteiger partial charge in [-0.25, -0.2) is 0 Å². The Labute approximate surface area is 92.8 Å². The highest BCUT2D eigenvalue weighted by Crippen LogP contribution is 2.40. The lowest BCUT2D eigenvalue weighted by Crippen LogP contribution is -2.41. The predicted molar refractivity (Wildman–Crippen MR) is 62.4 cm³/mol. The second-order valence-electron chi connectivity index (χ2n) is 5.22. The molecule has 1 rings (SSSR count). The van der Waals surface area contributed by atoms with Gasteiger partial charge in [0.2, 0.25) is 5.91 Å². The van der Waals surface area contributed by atoms with Gasteiger partial charge in [-0.3, -0.25) is 4.79 Å². The predicted octanol–water partition coefficient (Wildman–Crippen LogP) is 1.67. The second-order valence-corrected chi connectivity index (χ2v) is 5.22. The molecule has 3 N–H and O–H groups in total. The maximum atomic E-state index is 11.9. The standard InChI is InChI=1S/C12H24N2O/c1-12(2)7-4-3-6-10(12)11(15)14-9-5-8-13/h10H,3-9,13H2,1-2H3,(H,14,15). The molecule has 1 amide bonds. The average Bonchev–Trinajstić information content (AvgIpc) is 2.17. The van der Waals surface area contributed by atoms with Gasteiger partial charge in [0.1, 0.15) is 0 Å². The van der Waals surface area contributed by atoms with Gasteiger partial charge in [0.05, 0.1) is 0 Å². The molecule has 0 aromatic carbocycles. The lowest BCUT2D eigenvalue weighted by atomic mass is 9.68. The van der Waals surface area contributed by atoms with E-state index >= 15 is 0 Å². The minimum absolute atomic E-state index is 0.172. The first-order chi connectivity index (χ1) is 7.08. The Morgan fingerprint density at radius 3 is 2.80 bits per heavy atom. The minimum atomic E-state index is 0.172. The van der Waals surface area contributed by atoms with Crippen molar-refractivity contribution in [3.05, 3.63) is 0 Å². The Bertz CT molecular complexity index is 214. The summed E-state index contributed by atoms with van der Waals surface area (Å²) in [5.41, 5.74) is 5.57. The van der Waals surface area contributed by atoms with Crippen molar-refractivity contribution in [2.75, 3.05) is 13.1 Å². The number of hydrogen-bond donors (Lipinski definition) is 2. The normalized spacial score (nSPS) is 24.9. The van der Waals surface area contributed by atoms with Crippen LogP contribution in [0.4, 0.5) is 0 Å². The maximum Gasteiger partial charge on any atom is 0.223 e. The molecule has 15 heavy (non-hydrogen) atoms. The Morgan fingerprint density at radius 2 is 2.20 bits per heavy atom. The van der Waals surface area contributed by atoms with Crippen LogP contribution in [0.5, 0.6) is 0 Å². The fourth-order valence-corrected chi connectivity index (χ4v) is 2.42. The number of carbonyl (C=O) groups is 1. The summed E-state index contributed by atoms with van der Waals surface area (Å²) in [6.45, 7) is 5.79. The molecule has 0 aromatic heterocycles. The monoisotopic (exact) mass is 212 g/mol. The van der Waals surface area contributed by atoms with Crippen LogP contribution in [0.25, 0.3) is 0 Å². The molecule has 1 saturated carbocycles. The van der Waals surface area contributed by atoms with Crippen LogP contribution >= 0.6 is 0 Å². The van der Waals surface area contributed by atoms with Crippen molar-refractivity contribution in [2.24, 2.45) is 17.1 Å². The first kappa shape index (κ1) is 12.5. The van der Waals surface area contributed by atoms with Crippen LogP contribution in [-0.2, 0) is 4.79 Å². The van der Waals surface area contributed by atoms with E-state index < -0.39 is 0 Å². The lowest BCUT2D eigenvalue weighted by molar-refractivity contribution is -0.130. The molecule has 1 aliphatic carbocycles. The van der Waals surface area contributed by atoms with Gasteiger partial charge in [0, 0.05) is 12.5 Å². The highest BCUT2D eigenvalue weighted by molar-refractivity contribution is 5.79. The molecule has 0 spiro atoms. The number of nitrogens with one attached hydrogen (secondary N) is 1. The second kappa shape index (κ2) is 5.50. The lowest BCUT2D eigenvalue weighted by Gasteiger charge is -2.37. The molecule has 1 aliphatic rings. The Balaban J connectivity index is 2.42. The number of amides is 1. The van der Waals surface area contributed by atoms with Crippen molar-refractivity contribution in [3.8, 4) is 0 Å². The fraction of sp³-hybridized carbons (Fsp3) is 0.917. The molecule has 88 valence electrons. The Morgan fingerprint density at radius 1 is 1.47 bits per heavy atom. The summed E-state index contributed by atoms with van der Waals surface area (Å²) in [5, 5.41) is 2.99.